The Morgan fingerprint density at radius 1 is 1.00 bits per heavy atom. The topological polar surface area (TPSA) is 58.2 Å². The van der Waals surface area contributed by atoms with Crippen molar-refractivity contribution >= 4 is 17.5 Å². The molecule has 1 aliphatic carbocycles. The van der Waals surface area contributed by atoms with E-state index in [-0.39, 0.29) is 17.9 Å². The highest BCUT2D eigenvalue weighted by molar-refractivity contribution is 6.09. The zero-order valence-electron chi connectivity index (χ0n) is 15.5. The zero-order valence-corrected chi connectivity index (χ0v) is 15.5. The van der Waals surface area contributed by atoms with Crippen LogP contribution in [-0.4, -0.2) is 17.9 Å². The lowest BCUT2D eigenvalue weighted by Crippen LogP contribution is -2.32. The van der Waals surface area contributed by atoms with Crippen LogP contribution >= 0.6 is 0 Å². The SMILES string of the molecule is CCC(C)NC(=O)c1ccccc1NC(=O)c1ccc2c(c1)CCCC2. The van der Waals surface area contributed by atoms with Gasteiger partial charge >= 0.3 is 0 Å². The first-order valence-corrected chi connectivity index (χ1v) is 9.41. The van der Waals surface area contributed by atoms with Crippen molar-refractivity contribution < 1.29 is 9.59 Å². The van der Waals surface area contributed by atoms with Crippen molar-refractivity contribution in [2.45, 2.75) is 52.0 Å². The lowest BCUT2D eigenvalue weighted by molar-refractivity contribution is 0.0940. The second-order valence-electron chi connectivity index (χ2n) is 6.97. The Morgan fingerprint density at radius 3 is 2.50 bits per heavy atom. The van der Waals surface area contributed by atoms with E-state index in [0.29, 0.717) is 16.8 Å². The van der Waals surface area contributed by atoms with E-state index < -0.39 is 0 Å². The summed E-state index contributed by atoms with van der Waals surface area (Å²) in [6.07, 6.45) is 5.38. The van der Waals surface area contributed by atoms with Crippen molar-refractivity contribution in [1.29, 1.82) is 0 Å². The molecule has 0 saturated heterocycles. The van der Waals surface area contributed by atoms with Crippen LogP contribution in [0.5, 0.6) is 0 Å². The molecule has 4 heteroatoms. The van der Waals surface area contributed by atoms with Gasteiger partial charge in [-0.1, -0.05) is 25.1 Å². The number of aryl methyl sites for hydroxylation is 2. The summed E-state index contributed by atoms with van der Waals surface area (Å²) >= 11 is 0. The van der Waals surface area contributed by atoms with E-state index in [4.69, 9.17) is 0 Å². The number of hydrogen-bond acceptors (Lipinski definition) is 2. The minimum atomic E-state index is -0.179. The average molecular weight is 350 g/mol. The zero-order chi connectivity index (χ0) is 18.5. The van der Waals surface area contributed by atoms with Crippen molar-refractivity contribution in [3.05, 3.63) is 64.7 Å². The Labute approximate surface area is 155 Å². The highest BCUT2D eigenvalue weighted by atomic mass is 16.2. The number of carbonyl (C=O) groups is 2. The van der Waals surface area contributed by atoms with Gasteiger partial charge in [0.15, 0.2) is 0 Å². The van der Waals surface area contributed by atoms with E-state index in [1.54, 1.807) is 18.2 Å². The minimum absolute atomic E-state index is 0.0897. The predicted molar refractivity (Wildman–Crippen MR) is 105 cm³/mol. The van der Waals surface area contributed by atoms with Crippen LogP contribution in [0.15, 0.2) is 42.5 Å². The quantitative estimate of drug-likeness (QED) is 0.842. The van der Waals surface area contributed by atoms with Crippen molar-refractivity contribution in [2.24, 2.45) is 0 Å². The highest BCUT2D eigenvalue weighted by Crippen LogP contribution is 2.23. The average Bonchev–Trinajstić information content (AvgIpc) is 2.67. The fourth-order valence-corrected chi connectivity index (χ4v) is 3.26. The smallest absolute Gasteiger partial charge is 0.255 e. The number of amides is 2. The minimum Gasteiger partial charge on any atom is -0.350 e. The molecule has 0 spiro atoms. The first-order valence-electron chi connectivity index (χ1n) is 9.41. The Kier molecular flexibility index (Phi) is 5.71. The third-order valence-corrected chi connectivity index (χ3v) is 5.02. The fourth-order valence-electron chi connectivity index (χ4n) is 3.26. The summed E-state index contributed by atoms with van der Waals surface area (Å²) in [6, 6.07) is 13.1. The maximum absolute atomic E-state index is 12.7. The molecular formula is C22H26N2O2. The van der Waals surface area contributed by atoms with Crippen LogP contribution in [-0.2, 0) is 12.8 Å². The molecule has 0 aliphatic heterocycles. The van der Waals surface area contributed by atoms with E-state index in [1.807, 2.05) is 32.0 Å². The monoisotopic (exact) mass is 350 g/mol. The molecule has 0 bridgehead atoms. The third kappa shape index (κ3) is 4.13. The van der Waals surface area contributed by atoms with Gasteiger partial charge in [-0.15, -0.1) is 0 Å². The third-order valence-electron chi connectivity index (χ3n) is 5.02. The second kappa shape index (κ2) is 8.17. The van der Waals surface area contributed by atoms with Crippen LogP contribution in [0.1, 0.15) is 65.0 Å². The van der Waals surface area contributed by atoms with Gasteiger partial charge in [0.1, 0.15) is 0 Å². The number of fused-ring (bicyclic) bond motifs is 1. The lowest BCUT2D eigenvalue weighted by atomic mass is 9.90. The maximum Gasteiger partial charge on any atom is 0.255 e. The Morgan fingerprint density at radius 2 is 1.73 bits per heavy atom. The van der Waals surface area contributed by atoms with Crippen LogP contribution in [0.2, 0.25) is 0 Å². The summed E-state index contributed by atoms with van der Waals surface area (Å²) in [5.74, 6) is -0.345. The van der Waals surface area contributed by atoms with E-state index in [2.05, 4.69) is 16.7 Å². The van der Waals surface area contributed by atoms with E-state index in [9.17, 15) is 9.59 Å². The van der Waals surface area contributed by atoms with Crippen molar-refractivity contribution in [3.8, 4) is 0 Å². The van der Waals surface area contributed by atoms with Gasteiger partial charge in [-0.3, -0.25) is 9.59 Å². The molecule has 2 N–H and O–H groups in total. The van der Waals surface area contributed by atoms with Gasteiger partial charge in [-0.05, 0) is 74.4 Å². The molecule has 0 radical (unpaired) electrons. The molecular weight excluding hydrogens is 324 g/mol. The number of benzene rings is 2. The molecule has 2 aromatic rings. The summed E-state index contributed by atoms with van der Waals surface area (Å²) in [5, 5.41) is 5.86. The Bertz CT molecular complexity index is 814. The summed E-state index contributed by atoms with van der Waals surface area (Å²) in [4.78, 5) is 25.2. The molecule has 0 heterocycles. The van der Waals surface area contributed by atoms with Crippen LogP contribution in [0.4, 0.5) is 5.69 Å². The highest BCUT2D eigenvalue weighted by Gasteiger charge is 2.17. The molecule has 0 aromatic heterocycles. The van der Waals surface area contributed by atoms with Gasteiger partial charge in [-0.25, -0.2) is 0 Å². The number of para-hydroxylation sites is 1. The first kappa shape index (κ1) is 18.2. The molecule has 136 valence electrons. The van der Waals surface area contributed by atoms with Gasteiger partial charge < -0.3 is 10.6 Å². The fraction of sp³-hybridized carbons (Fsp3) is 0.364. The summed E-state index contributed by atoms with van der Waals surface area (Å²) in [5.41, 5.74) is 4.28. The number of carbonyl (C=O) groups excluding carboxylic acids is 2. The summed E-state index contributed by atoms with van der Waals surface area (Å²) < 4.78 is 0. The van der Waals surface area contributed by atoms with Gasteiger partial charge in [0.2, 0.25) is 0 Å². The van der Waals surface area contributed by atoms with E-state index in [0.717, 1.165) is 19.3 Å². The predicted octanol–water partition coefficient (Wildman–Crippen LogP) is 4.35. The molecule has 1 atom stereocenters. The number of anilines is 1. The van der Waals surface area contributed by atoms with Crippen LogP contribution in [0, 0.1) is 0 Å². The molecule has 0 saturated carbocycles. The number of hydrogen-bond donors (Lipinski definition) is 2. The van der Waals surface area contributed by atoms with Crippen molar-refractivity contribution in [2.75, 3.05) is 5.32 Å². The van der Waals surface area contributed by atoms with E-state index in [1.165, 1.54) is 24.0 Å². The lowest BCUT2D eigenvalue weighted by Gasteiger charge is -2.17. The summed E-state index contributed by atoms with van der Waals surface area (Å²) in [7, 11) is 0. The van der Waals surface area contributed by atoms with Gasteiger partial charge in [-0.2, -0.15) is 0 Å². The standard InChI is InChI=1S/C22H26N2O2/c1-3-15(2)23-22(26)19-10-6-7-11-20(19)24-21(25)18-13-12-16-8-4-5-9-17(16)14-18/h6-7,10-15H,3-5,8-9H2,1-2H3,(H,23,26)(H,24,25). The normalized spacial score (nSPS) is 14.2. The van der Waals surface area contributed by atoms with Gasteiger partial charge in [0, 0.05) is 11.6 Å². The van der Waals surface area contributed by atoms with Gasteiger partial charge in [0.25, 0.3) is 11.8 Å². The Hall–Kier alpha value is -2.62. The molecule has 0 fully saturated rings. The molecule has 4 nitrogen and oxygen atoms in total. The van der Waals surface area contributed by atoms with Crippen LogP contribution in [0.3, 0.4) is 0 Å². The van der Waals surface area contributed by atoms with Crippen LogP contribution in [0.25, 0.3) is 0 Å². The molecule has 3 rings (SSSR count). The first-order chi connectivity index (χ1) is 12.6. The Balaban J connectivity index is 1.78. The molecule has 1 aliphatic rings. The number of rotatable bonds is 5. The molecule has 2 amide bonds. The van der Waals surface area contributed by atoms with Gasteiger partial charge in [0.05, 0.1) is 11.3 Å². The van der Waals surface area contributed by atoms with Crippen molar-refractivity contribution in [1.82, 2.24) is 5.32 Å². The number of nitrogens with one attached hydrogen (secondary N) is 2. The second-order valence-corrected chi connectivity index (χ2v) is 6.97. The van der Waals surface area contributed by atoms with Crippen LogP contribution < -0.4 is 10.6 Å². The molecule has 2 aromatic carbocycles. The van der Waals surface area contributed by atoms with E-state index >= 15 is 0 Å². The molecule has 1 unspecified atom stereocenters. The maximum atomic E-state index is 12.7. The molecule has 26 heavy (non-hydrogen) atoms. The largest absolute Gasteiger partial charge is 0.350 e. The summed E-state index contributed by atoms with van der Waals surface area (Å²) in [6.45, 7) is 3.99. The van der Waals surface area contributed by atoms with Crippen molar-refractivity contribution in [3.63, 3.8) is 0 Å².